The monoisotopic (exact) mass is 602 g/mol. The second-order valence-corrected chi connectivity index (χ2v) is 13.5. The van der Waals surface area contributed by atoms with Crippen molar-refractivity contribution in [2.75, 3.05) is 32.1 Å². The van der Waals surface area contributed by atoms with Gasteiger partial charge in [0.2, 0.25) is 11.8 Å². The number of likely N-dealkylation sites (tertiary alicyclic amines) is 1. The fraction of sp³-hybridized carbons (Fsp3) is 0.472. The Bertz CT molecular complexity index is 1420. The Morgan fingerprint density at radius 1 is 0.884 bits per heavy atom. The van der Waals surface area contributed by atoms with Gasteiger partial charge in [0.25, 0.3) is 0 Å². The van der Waals surface area contributed by atoms with E-state index in [4.69, 9.17) is 11.6 Å². The van der Waals surface area contributed by atoms with Crippen LogP contribution in [0.3, 0.4) is 0 Å². The summed E-state index contributed by atoms with van der Waals surface area (Å²) in [6, 6.07) is 17.3. The van der Waals surface area contributed by atoms with Crippen LogP contribution in [0.5, 0.6) is 0 Å². The van der Waals surface area contributed by atoms with Gasteiger partial charge in [-0.15, -0.1) is 11.6 Å². The number of rotatable bonds is 8. The largest absolute Gasteiger partial charge is 0.478 e. The van der Waals surface area contributed by atoms with E-state index < -0.39 is 11.4 Å². The summed E-state index contributed by atoms with van der Waals surface area (Å²) in [6.07, 6.45) is 8.70. The zero-order chi connectivity index (χ0) is 30.8. The highest BCUT2D eigenvalue weighted by molar-refractivity contribution is 6.17. The maximum absolute atomic E-state index is 14.6. The molecule has 2 aromatic rings. The summed E-state index contributed by atoms with van der Waals surface area (Å²) in [6.45, 7) is 9.06. The van der Waals surface area contributed by atoms with Gasteiger partial charge in [0, 0.05) is 49.3 Å². The van der Waals surface area contributed by atoms with Crippen LogP contribution in [0.2, 0.25) is 0 Å². The number of carboxylic acids is 1. The number of fused-ring (bicyclic) bond motifs is 1. The first-order chi connectivity index (χ1) is 20.5. The standard InChI is InChI=1S/C36H43ClN2O4/c1-34(2)29(26-12-14-27(15-13-26)32(41)42)16-18-35(3)25-39(22-17-30(34)35)33(43)36(28-9-5-4-6-10-28)19-23-38(24-20-36)31(40)11-7-8-21-37/h4-6,9-10,12-17H,7-8,11,18-25H2,1-3H3,(H,41,42)/t35-/m1/s1. The molecule has 2 aliphatic heterocycles. The Balaban J connectivity index is 1.38. The van der Waals surface area contributed by atoms with E-state index in [0.717, 1.165) is 30.4 Å². The summed E-state index contributed by atoms with van der Waals surface area (Å²) in [4.78, 5) is 42.9. The van der Waals surface area contributed by atoms with Gasteiger partial charge in [-0.05, 0) is 60.9 Å². The number of halogens is 1. The van der Waals surface area contributed by atoms with E-state index in [0.29, 0.717) is 51.3 Å². The SMILES string of the molecule is CC1(C)C(c2ccc(C(=O)O)cc2)=CC[C@]2(C)CN(C(=O)C3(c4ccccc4)CCN(C(=O)CCCCCl)CC3)CC=C12. The minimum atomic E-state index is -0.927. The van der Waals surface area contributed by atoms with Crippen LogP contribution in [0, 0.1) is 10.8 Å². The number of aromatic carboxylic acids is 1. The third-order valence-corrected chi connectivity index (χ3v) is 10.3. The number of hydrogen-bond donors (Lipinski definition) is 1. The Labute approximate surface area is 260 Å². The van der Waals surface area contributed by atoms with E-state index in [1.165, 1.54) is 11.1 Å². The minimum Gasteiger partial charge on any atom is -0.478 e. The van der Waals surface area contributed by atoms with E-state index >= 15 is 0 Å². The lowest BCUT2D eigenvalue weighted by Crippen LogP contribution is -2.57. The van der Waals surface area contributed by atoms with E-state index in [1.54, 1.807) is 12.1 Å². The number of carbonyl (C=O) groups is 3. The number of amides is 2. The molecular formula is C36H43ClN2O4. The van der Waals surface area contributed by atoms with Gasteiger partial charge in [-0.3, -0.25) is 9.59 Å². The number of hydrogen-bond acceptors (Lipinski definition) is 3. The Hall–Kier alpha value is -3.38. The lowest BCUT2D eigenvalue weighted by Gasteiger charge is -2.52. The van der Waals surface area contributed by atoms with Crippen molar-refractivity contribution in [3.8, 4) is 0 Å². The smallest absolute Gasteiger partial charge is 0.335 e. The Morgan fingerprint density at radius 2 is 1.56 bits per heavy atom. The molecule has 2 amide bonds. The molecular weight excluding hydrogens is 560 g/mol. The molecule has 43 heavy (non-hydrogen) atoms. The highest BCUT2D eigenvalue weighted by Gasteiger charge is 2.50. The van der Waals surface area contributed by atoms with Crippen LogP contribution in [-0.2, 0) is 15.0 Å². The summed E-state index contributed by atoms with van der Waals surface area (Å²) < 4.78 is 0. The first kappa shape index (κ1) is 31.1. The predicted molar refractivity (Wildman–Crippen MR) is 171 cm³/mol. The maximum Gasteiger partial charge on any atom is 0.335 e. The molecule has 0 bridgehead atoms. The molecule has 1 fully saturated rings. The number of unbranched alkanes of at least 4 members (excludes halogenated alkanes) is 1. The van der Waals surface area contributed by atoms with Crippen molar-refractivity contribution >= 4 is 35.0 Å². The van der Waals surface area contributed by atoms with Crippen molar-refractivity contribution in [3.05, 3.63) is 89.0 Å². The second-order valence-electron chi connectivity index (χ2n) is 13.2. The van der Waals surface area contributed by atoms with Crippen molar-refractivity contribution in [1.82, 2.24) is 9.80 Å². The molecule has 1 N–H and O–H groups in total. The summed E-state index contributed by atoms with van der Waals surface area (Å²) in [5, 5.41) is 9.33. The minimum absolute atomic E-state index is 0.154. The molecule has 1 saturated heterocycles. The number of carbonyl (C=O) groups excluding carboxylic acids is 2. The molecule has 0 aromatic heterocycles. The predicted octanol–water partition coefficient (Wildman–Crippen LogP) is 6.94. The third kappa shape index (κ3) is 5.91. The van der Waals surface area contributed by atoms with Gasteiger partial charge in [0.15, 0.2) is 0 Å². The van der Waals surface area contributed by atoms with Gasteiger partial charge in [-0.2, -0.15) is 0 Å². The molecule has 0 spiro atoms. The molecule has 2 aromatic carbocycles. The zero-order valence-corrected chi connectivity index (χ0v) is 26.3. The molecule has 7 heteroatoms. The van der Waals surface area contributed by atoms with E-state index in [1.807, 2.05) is 40.1 Å². The topological polar surface area (TPSA) is 77.9 Å². The van der Waals surface area contributed by atoms with Crippen LogP contribution in [0.25, 0.3) is 5.57 Å². The van der Waals surface area contributed by atoms with Crippen molar-refractivity contribution in [2.45, 2.75) is 64.7 Å². The fourth-order valence-corrected chi connectivity index (χ4v) is 7.90. The van der Waals surface area contributed by atoms with Gasteiger partial charge >= 0.3 is 5.97 Å². The van der Waals surface area contributed by atoms with Crippen LogP contribution >= 0.6 is 11.6 Å². The van der Waals surface area contributed by atoms with Gasteiger partial charge in [-0.1, -0.05) is 81.0 Å². The normalized spacial score (nSPS) is 22.7. The summed E-state index contributed by atoms with van der Waals surface area (Å²) in [5.74, 6) is -0.0513. The molecule has 1 aliphatic carbocycles. The van der Waals surface area contributed by atoms with E-state index in [-0.39, 0.29) is 28.2 Å². The Kier molecular flexibility index (Phi) is 8.89. The lowest BCUT2D eigenvalue weighted by molar-refractivity contribution is -0.144. The molecule has 2 heterocycles. The third-order valence-electron chi connectivity index (χ3n) is 10.0. The number of benzene rings is 2. The van der Waals surface area contributed by atoms with E-state index in [2.05, 4.69) is 45.1 Å². The van der Waals surface area contributed by atoms with E-state index in [9.17, 15) is 19.5 Å². The average molecular weight is 603 g/mol. The zero-order valence-electron chi connectivity index (χ0n) is 25.6. The lowest BCUT2D eigenvalue weighted by atomic mass is 9.58. The van der Waals surface area contributed by atoms with Crippen LogP contribution in [0.15, 0.2) is 72.3 Å². The number of nitrogens with zero attached hydrogens (tertiary/aromatic N) is 2. The number of piperidine rings is 1. The van der Waals surface area contributed by atoms with Crippen molar-refractivity contribution < 1.29 is 19.5 Å². The number of carboxylic acid groups (broad SMARTS) is 1. The van der Waals surface area contributed by atoms with Crippen molar-refractivity contribution in [2.24, 2.45) is 10.8 Å². The molecule has 6 nitrogen and oxygen atoms in total. The first-order valence-electron chi connectivity index (χ1n) is 15.5. The molecule has 0 unspecified atom stereocenters. The highest BCUT2D eigenvalue weighted by atomic mass is 35.5. The molecule has 1 atom stereocenters. The molecule has 3 aliphatic rings. The molecule has 0 radical (unpaired) electrons. The Morgan fingerprint density at radius 3 is 2.19 bits per heavy atom. The fourth-order valence-electron chi connectivity index (χ4n) is 7.71. The quantitative estimate of drug-likeness (QED) is 0.202. The highest BCUT2D eigenvalue weighted by Crippen LogP contribution is 2.55. The van der Waals surface area contributed by atoms with Crippen molar-refractivity contribution in [1.29, 1.82) is 0 Å². The molecule has 228 valence electrons. The first-order valence-corrected chi connectivity index (χ1v) is 16.0. The summed E-state index contributed by atoms with van der Waals surface area (Å²) >= 11 is 5.81. The summed E-state index contributed by atoms with van der Waals surface area (Å²) in [5.41, 5.74) is 3.73. The van der Waals surface area contributed by atoms with Crippen LogP contribution in [0.4, 0.5) is 0 Å². The number of alkyl halides is 1. The maximum atomic E-state index is 14.6. The number of allylic oxidation sites excluding steroid dienone is 2. The van der Waals surface area contributed by atoms with Crippen LogP contribution in [0.1, 0.15) is 80.8 Å². The van der Waals surface area contributed by atoms with Crippen LogP contribution in [-0.4, -0.2) is 64.7 Å². The molecule has 0 saturated carbocycles. The summed E-state index contributed by atoms with van der Waals surface area (Å²) in [7, 11) is 0. The average Bonchev–Trinajstić information content (AvgIpc) is 3.01. The second kappa shape index (κ2) is 12.3. The van der Waals surface area contributed by atoms with Gasteiger partial charge < -0.3 is 14.9 Å². The van der Waals surface area contributed by atoms with Crippen LogP contribution < -0.4 is 0 Å². The van der Waals surface area contributed by atoms with Gasteiger partial charge in [0.05, 0.1) is 11.0 Å². The molecule has 5 rings (SSSR count). The van der Waals surface area contributed by atoms with Gasteiger partial charge in [-0.25, -0.2) is 4.79 Å². The van der Waals surface area contributed by atoms with Gasteiger partial charge in [0.1, 0.15) is 0 Å². The van der Waals surface area contributed by atoms with Crippen molar-refractivity contribution in [3.63, 3.8) is 0 Å².